The zero-order valence-electron chi connectivity index (χ0n) is 26.8. The number of aromatic nitrogens is 6. The summed E-state index contributed by atoms with van der Waals surface area (Å²) in [7, 11) is 0. The summed E-state index contributed by atoms with van der Waals surface area (Å²) in [5.41, 5.74) is 7.55. The van der Waals surface area contributed by atoms with Crippen molar-refractivity contribution in [1.82, 2.24) is 29.9 Å². The van der Waals surface area contributed by atoms with Crippen LogP contribution < -0.4 is 0 Å². The van der Waals surface area contributed by atoms with Gasteiger partial charge < -0.3 is 0 Å². The highest BCUT2D eigenvalue weighted by Crippen LogP contribution is 2.77. The molecule has 0 amide bonds. The molecule has 6 nitrogen and oxygen atoms in total. The summed E-state index contributed by atoms with van der Waals surface area (Å²) in [4.78, 5) is 29.6. The topological polar surface area (TPSA) is 77.3 Å². The fourth-order valence-electron chi connectivity index (χ4n) is 8.60. The van der Waals surface area contributed by atoms with Gasteiger partial charge >= 0.3 is 0 Å². The number of nitrogens with zero attached hydrogens (tertiary/aromatic N) is 6. The average molecular weight is 633 g/mol. The summed E-state index contributed by atoms with van der Waals surface area (Å²) in [5.74, 6) is 6.73. The van der Waals surface area contributed by atoms with Gasteiger partial charge in [0.05, 0.1) is 0 Å². The van der Waals surface area contributed by atoms with Gasteiger partial charge in [0.2, 0.25) is 0 Å². The Labute approximate surface area is 285 Å². The fourth-order valence-corrected chi connectivity index (χ4v) is 8.60. The largest absolute Gasteiger partial charge is 0.208 e. The first-order valence-corrected chi connectivity index (χ1v) is 17.1. The molecule has 0 aliphatic heterocycles. The van der Waals surface area contributed by atoms with Crippen LogP contribution in [0.2, 0.25) is 0 Å². The molecule has 49 heavy (non-hydrogen) atoms. The standard InChI is InChI=1S/C43H32N6/c1-4-10-27(11-5-1)37-44-38(28-12-6-2-7-13-28)46-40(45-37)30-16-18-31(19-17-30)41-47-39(29-14-8-3-9-15-29)48-42(49-41)32-20-22-35(23-21-32)43-25-33-24-34(26-43)36(33)43/h1-23,33-34,36H,24-26H2. The van der Waals surface area contributed by atoms with Gasteiger partial charge in [-0.2, -0.15) is 0 Å². The zero-order chi connectivity index (χ0) is 32.4. The lowest BCUT2D eigenvalue weighted by Gasteiger charge is -2.76. The van der Waals surface area contributed by atoms with Crippen molar-refractivity contribution in [2.24, 2.45) is 17.8 Å². The van der Waals surface area contributed by atoms with Gasteiger partial charge in [-0.25, -0.2) is 29.9 Å². The molecule has 0 bridgehead atoms. The second kappa shape index (κ2) is 11.1. The molecule has 2 unspecified atom stereocenters. The Kier molecular flexibility index (Phi) is 6.38. The van der Waals surface area contributed by atoms with E-state index in [2.05, 4.69) is 24.3 Å². The highest BCUT2D eigenvalue weighted by atomic mass is 15.0. The van der Waals surface area contributed by atoms with E-state index in [1.54, 1.807) is 0 Å². The summed E-state index contributed by atoms with van der Waals surface area (Å²) < 4.78 is 0. The van der Waals surface area contributed by atoms with Crippen LogP contribution in [0.5, 0.6) is 0 Å². The van der Waals surface area contributed by atoms with Gasteiger partial charge in [0.1, 0.15) is 0 Å². The Hall–Kier alpha value is -5.88. The third-order valence-corrected chi connectivity index (χ3v) is 11.0. The minimum Gasteiger partial charge on any atom is -0.208 e. The predicted molar refractivity (Wildman–Crippen MR) is 192 cm³/mol. The van der Waals surface area contributed by atoms with Crippen molar-refractivity contribution in [2.45, 2.75) is 24.7 Å². The zero-order valence-corrected chi connectivity index (χ0v) is 26.8. The van der Waals surface area contributed by atoms with Crippen molar-refractivity contribution in [3.05, 3.63) is 145 Å². The highest BCUT2D eigenvalue weighted by molar-refractivity contribution is 5.71. The summed E-state index contributed by atoms with van der Waals surface area (Å²) in [6.07, 6.45) is 4.19. The first kappa shape index (κ1) is 28.2. The highest BCUT2D eigenvalue weighted by Gasteiger charge is 2.71. The molecule has 2 aromatic heterocycles. The third kappa shape index (κ3) is 4.70. The molecule has 6 heteroatoms. The predicted octanol–water partition coefficient (Wildman–Crippen LogP) is 9.36. The van der Waals surface area contributed by atoms with E-state index in [9.17, 15) is 0 Å². The van der Waals surface area contributed by atoms with E-state index in [0.717, 1.165) is 51.1 Å². The number of hydrogen-bond acceptors (Lipinski definition) is 6. The Morgan fingerprint density at radius 3 is 0.918 bits per heavy atom. The fraction of sp³-hybridized carbons (Fsp3) is 0.163. The SMILES string of the molecule is c1ccc(-c2nc(-c3ccccc3)nc(-c3ccc(-c4nc(-c5ccccc5)nc(-c5ccc(C67CC8CC(C6)C87)cc5)n4)cc3)n2)cc1. The quantitative estimate of drug-likeness (QED) is 0.174. The van der Waals surface area contributed by atoms with Crippen molar-refractivity contribution >= 4 is 0 Å². The van der Waals surface area contributed by atoms with Crippen LogP contribution in [0.25, 0.3) is 68.3 Å². The Morgan fingerprint density at radius 1 is 0.347 bits per heavy atom. The average Bonchev–Trinajstić information content (AvgIpc) is 3.18. The maximum Gasteiger partial charge on any atom is 0.164 e. The van der Waals surface area contributed by atoms with Gasteiger partial charge in [-0.05, 0) is 48.0 Å². The van der Waals surface area contributed by atoms with Gasteiger partial charge in [-0.3, -0.25) is 0 Å². The van der Waals surface area contributed by atoms with Crippen molar-refractivity contribution in [1.29, 1.82) is 0 Å². The van der Waals surface area contributed by atoms with Crippen LogP contribution in [-0.2, 0) is 5.41 Å². The maximum absolute atomic E-state index is 5.02. The smallest absolute Gasteiger partial charge is 0.164 e. The number of rotatable bonds is 7. The molecule has 2 heterocycles. The maximum atomic E-state index is 5.02. The van der Waals surface area contributed by atoms with Gasteiger partial charge in [-0.15, -0.1) is 0 Å². The van der Waals surface area contributed by atoms with Crippen molar-refractivity contribution in [3.63, 3.8) is 0 Å². The minimum absolute atomic E-state index is 0.440. The summed E-state index contributed by atoms with van der Waals surface area (Å²) in [5, 5.41) is 0. The van der Waals surface area contributed by atoms with E-state index in [0.29, 0.717) is 40.4 Å². The van der Waals surface area contributed by atoms with Crippen LogP contribution in [-0.4, -0.2) is 29.9 Å². The molecule has 3 saturated carbocycles. The molecular formula is C43H32N6. The van der Waals surface area contributed by atoms with Crippen LogP contribution in [0, 0.1) is 17.8 Å². The summed E-state index contributed by atoms with van der Waals surface area (Å²) in [6.45, 7) is 0. The monoisotopic (exact) mass is 632 g/mol. The molecule has 3 aliphatic carbocycles. The molecule has 2 atom stereocenters. The molecule has 10 rings (SSSR count). The normalized spacial score (nSPS) is 21.5. The molecule has 3 fully saturated rings. The van der Waals surface area contributed by atoms with E-state index in [4.69, 9.17) is 29.9 Å². The Morgan fingerprint density at radius 2 is 0.633 bits per heavy atom. The van der Waals surface area contributed by atoms with Crippen molar-refractivity contribution in [2.75, 3.05) is 0 Å². The van der Waals surface area contributed by atoms with Gasteiger partial charge in [0.25, 0.3) is 0 Å². The molecule has 0 spiro atoms. The van der Waals surface area contributed by atoms with Gasteiger partial charge in [0, 0.05) is 33.4 Å². The van der Waals surface area contributed by atoms with Gasteiger partial charge in [0.15, 0.2) is 34.9 Å². The minimum atomic E-state index is 0.440. The van der Waals surface area contributed by atoms with Crippen LogP contribution in [0.3, 0.4) is 0 Å². The summed E-state index contributed by atoms with van der Waals surface area (Å²) >= 11 is 0. The molecule has 0 radical (unpaired) electrons. The number of hydrogen-bond donors (Lipinski definition) is 0. The lowest BCUT2D eigenvalue weighted by molar-refractivity contribution is -0.219. The molecule has 0 N–H and O–H groups in total. The van der Waals surface area contributed by atoms with E-state index >= 15 is 0 Å². The molecule has 5 aromatic carbocycles. The molecule has 0 saturated heterocycles. The second-order valence-electron chi connectivity index (χ2n) is 13.7. The van der Waals surface area contributed by atoms with Crippen molar-refractivity contribution < 1.29 is 0 Å². The number of benzene rings is 5. The molecular weight excluding hydrogens is 601 g/mol. The van der Waals surface area contributed by atoms with Crippen LogP contribution in [0.4, 0.5) is 0 Å². The van der Waals surface area contributed by atoms with E-state index in [-0.39, 0.29) is 0 Å². The second-order valence-corrected chi connectivity index (χ2v) is 13.7. The lowest BCUT2D eigenvalue weighted by Crippen LogP contribution is -2.71. The molecule has 3 aliphatic rings. The van der Waals surface area contributed by atoms with E-state index in [1.165, 1.54) is 24.8 Å². The van der Waals surface area contributed by atoms with E-state index in [1.807, 2.05) is 115 Å². The van der Waals surface area contributed by atoms with Crippen LogP contribution in [0.15, 0.2) is 140 Å². The summed E-state index contributed by atoms with van der Waals surface area (Å²) in [6, 6.07) is 47.4. The van der Waals surface area contributed by atoms with Crippen LogP contribution in [0.1, 0.15) is 24.8 Å². The Bertz CT molecular complexity index is 2240. The first-order chi connectivity index (χ1) is 24.2. The van der Waals surface area contributed by atoms with Crippen LogP contribution >= 0.6 is 0 Å². The molecule has 234 valence electrons. The third-order valence-electron chi connectivity index (χ3n) is 11.0. The Balaban J connectivity index is 1.02. The van der Waals surface area contributed by atoms with Gasteiger partial charge in [-0.1, -0.05) is 140 Å². The van der Waals surface area contributed by atoms with E-state index < -0.39 is 0 Å². The molecule has 7 aromatic rings. The first-order valence-electron chi connectivity index (χ1n) is 17.1. The lowest BCUT2D eigenvalue weighted by atomic mass is 9.28. The van der Waals surface area contributed by atoms with Crippen molar-refractivity contribution in [3.8, 4) is 68.3 Å².